The first-order chi connectivity index (χ1) is 10.5. The van der Waals surface area contributed by atoms with Gasteiger partial charge in [0.05, 0.1) is 12.6 Å². The van der Waals surface area contributed by atoms with Gasteiger partial charge in [-0.3, -0.25) is 4.79 Å². The van der Waals surface area contributed by atoms with Gasteiger partial charge in [-0.25, -0.2) is 0 Å². The van der Waals surface area contributed by atoms with Gasteiger partial charge in [-0.15, -0.1) is 0 Å². The Balaban J connectivity index is 2.14. The van der Waals surface area contributed by atoms with Crippen molar-refractivity contribution in [2.75, 3.05) is 12.3 Å². The SMILES string of the molecule is CCOc1cccc(C(C)NC(=O)c2cc(N)ccc2C)c1. The van der Waals surface area contributed by atoms with Crippen molar-refractivity contribution in [2.24, 2.45) is 0 Å². The summed E-state index contributed by atoms with van der Waals surface area (Å²) in [5.41, 5.74) is 8.86. The Bertz CT molecular complexity index is 668. The highest BCUT2D eigenvalue weighted by Gasteiger charge is 2.14. The van der Waals surface area contributed by atoms with Crippen molar-refractivity contribution >= 4 is 11.6 Å². The number of nitrogens with two attached hydrogens (primary N) is 1. The van der Waals surface area contributed by atoms with E-state index in [1.807, 2.05) is 51.1 Å². The highest BCUT2D eigenvalue weighted by Crippen LogP contribution is 2.20. The Morgan fingerprint density at radius 2 is 2.05 bits per heavy atom. The number of benzene rings is 2. The summed E-state index contributed by atoms with van der Waals surface area (Å²) in [4.78, 5) is 12.4. The Morgan fingerprint density at radius 3 is 2.77 bits per heavy atom. The molecule has 3 N–H and O–H groups in total. The second-order valence-corrected chi connectivity index (χ2v) is 5.28. The van der Waals surface area contributed by atoms with E-state index in [2.05, 4.69) is 5.32 Å². The van der Waals surface area contributed by atoms with E-state index in [-0.39, 0.29) is 11.9 Å². The molecule has 1 atom stereocenters. The lowest BCUT2D eigenvalue weighted by molar-refractivity contribution is 0.0939. The van der Waals surface area contributed by atoms with Gasteiger partial charge in [-0.1, -0.05) is 18.2 Å². The molecule has 0 aliphatic rings. The number of hydrogen-bond acceptors (Lipinski definition) is 3. The van der Waals surface area contributed by atoms with E-state index in [1.165, 1.54) is 0 Å². The van der Waals surface area contributed by atoms with Crippen LogP contribution in [0.4, 0.5) is 5.69 Å². The third-order valence-electron chi connectivity index (χ3n) is 3.52. The molecule has 0 saturated heterocycles. The third-order valence-corrected chi connectivity index (χ3v) is 3.52. The summed E-state index contributed by atoms with van der Waals surface area (Å²) in [6, 6.07) is 13.0. The van der Waals surface area contributed by atoms with Gasteiger partial charge in [0.25, 0.3) is 5.91 Å². The summed E-state index contributed by atoms with van der Waals surface area (Å²) in [5.74, 6) is 0.681. The Labute approximate surface area is 131 Å². The van der Waals surface area contributed by atoms with Crippen LogP contribution in [0.3, 0.4) is 0 Å². The number of ether oxygens (including phenoxy) is 1. The Morgan fingerprint density at radius 1 is 1.27 bits per heavy atom. The van der Waals surface area contributed by atoms with E-state index in [4.69, 9.17) is 10.5 Å². The predicted molar refractivity (Wildman–Crippen MR) is 89.1 cm³/mol. The number of anilines is 1. The molecule has 0 aliphatic carbocycles. The minimum absolute atomic E-state index is 0.117. The average molecular weight is 298 g/mol. The Hall–Kier alpha value is -2.49. The van der Waals surface area contributed by atoms with E-state index < -0.39 is 0 Å². The van der Waals surface area contributed by atoms with Crippen LogP contribution >= 0.6 is 0 Å². The van der Waals surface area contributed by atoms with Crippen molar-refractivity contribution in [3.63, 3.8) is 0 Å². The average Bonchev–Trinajstić information content (AvgIpc) is 2.50. The van der Waals surface area contributed by atoms with Crippen LogP contribution in [0.2, 0.25) is 0 Å². The minimum Gasteiger partial charge on any atom is -0.494 e. The summed E-state index contributed by atoms with van der Waals surface area (Å²) in [6.45, 7) is 6.41. The standard InChI is InChI=1S/C18H22N2O2/c1-4-22-16-7-5-6-14(10-16)13(3)20-18(21)17-11-15(19)9-8-12(17)2/h5-11,13H,4,19H2,1-3H3,(H,20,21). The number of rotatable bonds is 5. The zero-order chi connectivity index (χ0) is 16.1. The largest absolute Gasteiger partial charge is 0.494 e. The molecular formula is C18H22N2O2. The van der Waals surface area contributed by atoms with E-state index in [9.17, 15) is 4.79 Å². The normalized spacial score (nSPS) is 11.8. The molecule has 2 rings (SSSR count). The molecule has 4 nitrogen and oxygen atoms in total. The molecule has 0 fully saturated rings. The molecule has 0 heterocycles. The van der Waals surface area contributed by atoms with E-state index in [1.54, 1.807) is 12.1 Å². The molecule has 0 aliphatic heterocycles. The van der Waals surface area contributed by atoms with E-state index in [0.29, 0.717) is 17.9 Å². The van der Waals surface area contributed by atoms with Gasteiger partial charge < -0.3 is 15.8 Å². The number of carbonyl (C=O) groups is 1. The molecule has 2 aromatic carbocycles. The lowest BCUT2D eigenvalue weighted by Gasteiger charge is -2.16. The Kier molecular flexibility index (Phi) is 5.04. The molecule has 0 saturated carbocycles. The molecule has 0 bridgehead atoms. The monoisotopic (exact) mass is 298 g/mol. The summed E-state index contributed by atoms with van der Waals surface area (Å²) in [5, 5.41) is 3.00. The summed E-state index contributed by atoms with van der Waals surface area (Å²) in [7, 11) is 0. The topological polar surface area (TPSA) is 64.3 Å². The number of nitrogens with one attached hydrogen (secondary N) is 1. The van der Waals surface area contributed by atoms with Crippen LogP contribution in [-0.2, 0) is 0 Å². The van der Waals surface area contributed by atoms with Crippen LogP contribution in [0.25, 0.3) is 0 Å². The minimum atomic E-state index is -0.126. The summed E-state index contributed by atoms with van der Waals surface area (Å²) >= 11 is 0. The molecule has 4 heteroatoms. The molecule has 0 spiro atoms. The van der Waals surface area contributed by atoms with Crippen LogP contribution in [0.5, 0.6) is 5.75 Å². The van der Waals surface area contributed by atoms with Gasteiger partial charge in [-0.2, -0.15) is 0 Å². The van der Waals surface area contributed by atoms with Crippen molar-refractivity contribution in [3.8, 4) is 5.75 Å². The van der Waals surface area contributed by atoms with Gasteiger partial charge in [0.15, 0.2) is 0 Å². The number of nitrogen functional groups attached to an aromatic ring is 1. The van der Waals surface area contributed by atoms with Gasteiger partial charge in [-0.05, 0) is 56.2 Å². The first-order valence-corrected chi connectivity index (χ1v) is 7.41. The van der Waals surface area contributed by atoms with Crippen LogP contribution in [-0.4, -0.2) is 12.5 Å². The second kappa shape index (κ2) is 6.98. The molecule has 2 aromatic rings. The molecule has 0 aromatic heterocycles. The first kappa shape index (κ1) is 15.9. The van der Waals surface area contributed by atoms with Gasteiger partial charge >= 0.3 is 0 Å². The van der Waals surface area contributed by atoms with Crippen molar-refractivity contribution in [2.45, 2.75) is 26.8 Å². The van der Waals surface area contributed by atoms with E-state index >= 15 is 0 Å². The molecule has 1 unspecified atom stereocenters. The number of aryl methyl sites for hydroxylation is 1. The fourth-order valence-corrected chi connectivity index (χ4v) is 2.28. The van der Waals surface area contributed by atoms with Crippen LogP contribution < -0.4 is 15.8 Å². The van der Waals surface area contributed by atoms with Crippen molar-refractivity contribution < 1.29 is 9.53 Å². The van der Waals surface area contributed by atoms with Crippen LogP contribution in [0, 0.1) is 6.92 Å². The highest BCUT2D eigenvalue weighted by atomic mass is 16.5. The summed E-state index contributed by atoms with van der Waals surface area (Å²) in [6.07, 6.45) is 0. The number of amides is 1. The second-order valence-electron chi connectivity index (χ2n) is 5.28. The maximum Gasteiger partial charge on any atom is 0.252 e. The predicted octanol–water partition coefficient (Wildman–Crippen LogP) is 3.47. The van der Waals surface area contributed by atoms with Crippen molar-refractivity contribution in [1.82, 2.24) is 5.32 Å². The lowest BCUT2D eigenvalue weighted by atomic mass is 10.0. The molecule has 1 amide bonds. The maximum absolute atomic E-state index is 12.4. The smallest absolute Gasteiger partial charge is 0.252 e. The van der Waals surface area contributed by atoms with Gasteiger partial charge in [0.2, 0.25) is 0 Å². The first-order valence-electron chi connectivity index (χ1n) is 7.41. The van der Waals surface area contributed by atoms with Crippen LogP contribution in [0.15, 0.2) is 42.5 Å². The zero-order valence-corrected chi connectivity index (χ0v) is 13.2. The quantitative estimate of drug-likeness (QED) is 0.831. The van der Waals surface area contributed by atoms with Gasteiger partial charge in [0, 0.05) is 11.3 Å². The van der Waals surface area contributed by atoms with Crippen molar-refractivity contribution in [1.29, 1.82) is 0 Å². The fraction of sp³-hybridized carbons (Fsp3) is 0.278. The fourth-order valence-electron chi connectivity index (χ4n) is 2.28. The maximum atomic E-state index is 12.4. The molecular weight excluding hydrogens is 276 g/mol. The number of carbonyl (C=O) groups excluding carboxylic acids is 1. The molecule has 116 valence electrons. The lowest BCUT2D eigenvalue weighted by Crippen LogP contribution is -2.27. The van der Waals surface area contributed by atoms with Crippen LogP contribution in [0.1, 0.15) is 41.4 Å². The highest BCUT2D eigenvalue weighted by molar-refractivity contribution is 5.96. The van der Waals surface area contributed by atoms with E-state index in [0.717, 1.165) is 16.9 Å². The molecule has 0 radical (unpaired) electrons. The summed E-state index contributed by atoms with van der Waals surface area (Å²) < 4.78 is 5.49. The van der Waals surface area contributed by atoms with Crippen molar-refractivity contribution in [3.05, 3.63) is 59.2 Å². The third kappa shape index (κ3) is 3.79. The molecule has 22 heavy (non-hydrogen) atoms. The van der Waals surface area contributed by atoms with Gasteiger partial charge in [0.1, 0.15) is 5.75 Å². The zero-order valence-electron chi connectivity index (χ0n) is 13.2. The number of hydrogen-bond donors (Lipinski definition) is 2.